The van der Waals surface area contributed by atoms with E-state index < -0.39 is 61.8 Å². The zero-order valence-electron chi connectivity index (χ0n) is 33.9. The van der Waals surface area contributed by atoms with Gasteiger partial charge in [-0.15, -0.1) is 0 Å². The predicted molar refractivity (Wildman–Crippen MR) is 219 cm³/mol. The zero-order chi connectivity index (χ0) is 43.8. The summed E-state index contributed by atoms with van der Waals surface area (Å²) in [5.41, 5.74) is 3.08. The molecule has 1 heterocycles. The Morgan fingerprint density at radius 3 is 1.98 bits per heavy atom. The third kappa shape index (κ3) is 14.0. The summed E-state index contributed by atoms with van der Waals surface area (Å²) in [5, 5.41) is 84.1. The summed E-state index contributed by atoms with van der Waals surface area (Å²) in [6.07, 6.45) is -6.10. The molecular formula is C44H60FN3O12. The largest absolute Gasteiger partial charge is 0.497 e. The molecule has 0 saturated carbocycles. The van der Waals surface area contributed by atoms with Gasteiger partial charge in [0.2, 0.25) is 17.7 Å². The van der Waals surface area contributed by atoms with E-state index >= 15 is 0 Å². The number of aliphatic hydroxyl groups is 8. The second-order valence-corrected chi connectivity index (χ2v) is 15.3. The number of nitrogens with one attached hydrogen (secondary N) is 2. The van der Waals surface area contributed by atoms with E-state index in [1.54, 1.807) is 24.1 Å². The fourth-order valence-corrected chi connectivity index (χ4v) is 7.20. The van der Waals surface area contributed by atoms with Crippen molar-refractivity contribution in [3.8, 4) is 5.75 Å². The number of methoxy groups -OCH3 is 1. The number of nitrogens with zero attached hydrogens (tertiary/aromatic N) is 1. The Morgan fingerprint density at radius 1 is 0.717 bits per heavy atom. The first-order valence-electron chi connectivity index (χ1n) is 20.5. The van der Waals surface area contributed by atoms with Crippen LogP contribution in [0.1, 0.15) is 93.0 Å². The molecular weight excluding hydrogens is 781 g/mol. The van der Waals surface area contributed by atoms with Gasteiger partial charge in [0.1, 0.15) is 29.9 Å². The SMILES string of the molecule is COc1ccc([C@@H]2[C@@H](CC[C@H](O)c3ccc(F)cc3)C(=O)N2c2ccc(CNC(=O)CCCCCCC(O)C(O)CCC(=O)NC[C@H](O)[C@@H](O)[C@H](O)[C@H](O)CO)cc2)cc1. The zero-order valence-corrected chi connectivity index (χ0v) is 33.9. The molecule has 1 fully saturated rings. The maximum absolute atomic E-state index is 13.6. The van der Waals surface area contributed by atoms with Crippen LogP contribution < -0.4 is 20.3 Å². The van der Waals surface area contributed by atoms with Gasteiger partial charge in [0, 0.05) is 31.6 Å². The number of ether oxygens (including phenoxy) is 1. The number of halogens is 1. The van der Waals surface area contributed by atoms with Crippen LogP contribution in [0.15, 0.2) is 72.8 Å². The lowest BCUT2D eigenvalue weighted by Crippen LogP contribution is -2.55. The lowest BCUT2D eigenvalue weighted by atomic mass is 9.78. The van der Waals surface area contributed by atoms with E-state index in [1.165, 1.54) is 12.1 Å². The predicted octanol–water partition coefficient (Wildman–Crippen LogP) is 2.06. The minimum atomic E-state index is -1.81. The van der Waals surface area contributed by atoms with Gasteiger partial charge in [-0.1, -0.05) is 55.7 Å². The van der Waals surface area contributed by atoms with E-state index in [9.17, 15) is 54.5 Å². The van der Waals surface area contributed by atoms with Crippen LogP contribution in [0.2, 0.25) is 0 Å². The molecule has 0 bridgehead atoms. The summed E-state index contributed by atoms with van der Waals surface area (Å²) < 4.78 is 18.7. The third-order valence-corrected chi connectivity index (χ3v) is 11.0. The van der Waals surface area contributed by atoms with Crippen molar-refractivity contribution in [1.82, 2.24) is 10.6 Å². The number of hydrogen-bond donors (Lipinski definition) is 10. The lowest BCUT2D eigenvalue weighted by molar-refractivity contribution is -0.131. The Bertz CT molecular complexity index is 1770. The molecule has 9 atom stereocenters. The Hall–Kier alpha value is -4.52. The van der Waals surface area contributed by atoms with Gasteiger partial charge in [0.25, 0.3) is 0 Å². The summed E-state index contributed by atoms with van der Waals surface area (Å²) in [6.45, 7) is -0.956. The molecule has 0 aliphatic carbocycles. The monoisotopic (exact) mass is 841 g/mol. The summed E-state index contributed by atoms with van der Waals surface area (Å²) in [4.78, 5) is 40.0. The second kappa shape index (κ2) is 24.1. The molecule has 3 aromatic carbocycles. The standard InChI is InChI=1S/C44H60FN3O12/c1-60-32-18-12-29(13-19-32)41-33(20-21-34(50)28-10-14-30(45)15-11-28)44(59)48(41)31-16-8-27(9-17-31)24-46-39(55)7-5-3-2-4-6-35(51)36(52)22-23-40(56)47-25-37(53)42(57)43(58)38(54)26-49/h8-19,33-38,41-43,49-54,57-58H,2-7,20-26H2,1H3,(H,46,55)(H,47,56)/t33-,34+,35?,36?,37+,38-,41-,42-,43-/m1/s1. The molecule has 0 spiro atoms. The molecule has 3 aromatic rings. The number of amides is 3. The number of β-lactam (4-membered cyclic amide) rings is 1. The summed E-state index contributed by atoms with van der Waals surface area (Å²) in [5.74, 6) is -0.810. The van der Waals surface area contributed by atoms with E-state index in [0.717, 1.165) is 24.0 Å². The summed E-state index contributed by atoms with van der Waals surface area (Å²) in [6, 6.07) is 20.4. The average molecular weight is 842 g/mol. The highest BCUT2D eigenvalue weighted by Gasteiger charge is 2.48. The van der Waals surface area contributed by atoms with Crippen LogP contribution in [0, 0.1) is 11.7 Å². The smallest absolute Gasteiger partial charge is 0.233 e. The third-order valence-electron chi connectivity index (χ3n) is 11.0. The van der Waals surface area contributed by atoms with Crippen molar-refractivity contribution < 1.29 is 64.4 Å². The van der Waals surface area contributed by atoms with E-state index in [1.807, 2.05) is 48.5 Å². The van der Waals surface area contributed by atoms with Crippen LogP contribution in [0.4, 0.5) is 10.1 Å². The van der Waals surface area contributed by atoms with Crippen molar-refractivity contribution in [2.75, 3.05) is 25.2 Å². The molecule has 1 aliphatic heterocycles. The van der Waals surface area contributed by atoms with Gasteiger partial charge in [-0.25, -0.2) is 4.39 Å². The molecule has 4 rings (SSSR count). The molecule has 0 aromatic heterocycles. The number of benzene rings is 3. The minimum absolute atomic E-state index is 0.0473. The number of carbonyl (C=O) groups is 3. The topological polar surface area (TPSA) is 250 Å². The number of carbonyl (C=O) groups excluding carboxylic acids is 3. The van der Waals surface area contributed by atoms with Gasteiger partial charge >= 0.3 is 0 Å². The Morgan fingerprint density at radius 2 is 1.33 bits per heavy atom. The lowest BCUT2D eigenvalue weighted by Gasteiger charge is -2.48. The van der Waals surface area contributed by atoms with E-state index in [0.29, 0.717) is 62.1 Å². The van der Waals surface area contributed by atoms with E-state index in [2.05, 4.69) is 10.6 Å². The molecule has 1 saturated heterocycles. The highest BCUT2D eigenvalue weighted by Crippen LogP contribution is 2.46. The molecule has 2 unspecified atom stereocenters. The summed E-state index contributed by atoms with van der Waals surface area (Å²) in [7, 11) is 1.58. The van der Waals surface area contributed by atoms with Crippen molar-refractivity contribution in [3.05, 3.63) is 95.3 Å². The van der Waals surface area contributed by atoms with Gasteiger partial charge in [-0.2, -0.15) is 0 Å². The van der Waals surface area contributed by atoms with Gasteiger partial charge in [-0.05, 0) is 85.2 Å². The summed E-state index contributed by atoms with van der Waals surface area (Å²) >= 11 is 0. The number of hydrogen-bond acceptors (Lipinski definition) is 12. The quantitative estimate of drug-likeness (QED) is 0.0412. The Balaban J connectivity index is 1.13. The molecule has 10 N–H and O–H groups in total. The highest BCUT2D eigenvalue weighted by molar-refractivity contribution is 6.03. The maximum Gasteiger partial charge on any atom is 0.233 e. The maximum atomic E-state index is 13.6. The Labute approximate surface area is 349 Å². The van der Waals surface area contributed by atoms with Gasteiger partial charge in [0.05, 0.1) is 50.1 Å². The van der Waals surface area contributed by atoms with Crippen molar-refractivity contribution in [2.24, 2.45) is 5.92 Å². The Kier molecular flexibility index (Phi) is 19.3. The van der Waals surface area contributed by atoms with Crippen LogP contribution in [-0.2, 0) is 20.9 Å². The van der Waals surface area contributed by atoms with Gasteiger partial charge in [0.15, 0.2) is 0 Å². The van der Waals surface area contributed by atoms with Crippen LogP contribution >= 0.6 is 0 Å². The van der Waals surface area contributed by atoms with Crippen LogP contribution in [-0.4, -0.2) is 115 Å². The normalized spacial score (nSPS) is 18.7. The van der Waals surface area contributed by atoms with Crippen molar-refractivity contribution in [1.29, 1.82) is 0 Å². The molecule has 16 heteroatoms. The first-order chi connectivity index (χ1) is 28.7. The number of aliphatic hydroxyl groups excluding tert-OH is 8. The van der Waals surface area contributed by atoms with Gasteiger partial charge in [-0.3, -0.25) is 14.4 Å². The van der Waals surface area contributed by atoms with E-state index in [-0.39, 0.29) is 42.4 Å². The molecule has 60 heavy (non-hydrogen) atoms. The average Bonchev–Trinajstić information content (AvgIpc) is 3.26. The molecule has 3 amide bonds. The number of anilines is 1. The van der Waals surface area contributed by atoms with Crippen molar-refractivity contribution >= 4 is 23.4 Å². The van der Waals surface area contributed by atoms with Crippen LogP contribution in [0.5, 0.6) is 5.75 Å². The van der Waals surface area contributed by atoms with Crippen LogP contribution in [0.25, 0.3) is 0 Å². The molecule has 1 aliphatic rings. The van der Waals surface area contributed by atoms with Crippen LogP contribution in [0.3, 0.4) is 0 Å². The second-order valence-electron chi connectivity index (χ2n) is 15.3. The molecule has 330 valence electrons. The molecule has 15 nitrogen and oxygen atoms in total. The first-order valence-corrected chi connectivity index (χ1v) is 20.5. The first kappa shape index (κ1) is 48.1. The molecule has 0 radical (unpaired) electrons. The minimum Gasteiger partial charge on any atom is -0.497 e. The van der Waals surface area contributed by atoms with Gasteiger partial charge < -0.3 is 61.1 Å². The highest BCUT2D eigenvalue weighted by atomic mass is 19.1. The number of unbranched alkanes of at least 4 members (excludes halogenated alkanes) is 3. The van der Waals surface area contributed by atoms with Crippen molar-refractivity contribution in [3.63, 3.8) is 0 Å². The van der Waals surface area contributed by atoms with Crippen molar-refractivity contribution in [2.45, 2.75) is 120 Å². The fraction of sp³-hybridized carbons (Fsp3) is 0.523. The number of rotatable bonds is 26. The van der Waals surface area contributed by atoms with E-state index in [4.69, 9.17) is 9.84 Å². The fourth-order valence-electron chi connectivity index (χ4n) is 7.20.